The molecule has 1 aromatic carbocycles. The molecule has 4 nitrogen and oxygen atoms in total. The summed E-state index contributed by atoms with van der Waals surface area (Å²) in [5.41, 5.74) is 5.95. The highest BCUT2D eigenvalue weighted by Gasteiger charge is 2.27. The second kappa shape index (κ2) is 5.93. The first-order chi connectivity index (χ1) is 9.76. The molecule has 0 radical (unpaired) electrons. The van der Waals surface area contributed by atoms with Crippen molar-refractivity contribution in [2.75, 3.05) is 5.88 Å². The Morgan fingerprint density at radius 3 is 2.76 bits per heavy atom. The number of fused-ring (bicyclic) bond motifs is 1. The number of nitrogens with two attached hydrogens (primary N) is 1. The largest absolute Gasteiger partial charge is 0.369 e. The minimum absolute atomic E-state index is 0.326. The molecule has 0 atom stereocenters. The van der Waals surface area contributed by atoms with Gasteiger partial charge < -0.3 is 10.3 Å². The lowest BCUT2D eigenvalue weighted by Gasteiger charge is -2.22. The number of hydrogen-bond donors (Lipinski definition) is 1. The van der Waals surface area contributed by atoms with E-state index in [1.54, 1.807) is 19.9 Å². The van der Waals surface area contributed by atoms with Gasteiger partial charge in [0.25, 0.3) is 0 Å². The van der Waals surface area contributed by atoms with Crippen LogP contribution in [0.25, 0.3) is 11.0 Å². The van der Waals surface area contributed by atoms with Crippen molar-refractivity contribution in [3.63, 3.8) is 0 Å². The maximum atomic E-state index is 13.8. The molecule has 1 heterocycles. The maximum absolute atomic E-state index is 13.8. The zero-order chi connectivity index (χ0) is 15.8. The third-order valence-corrected chi connectivity index (χ3v) is 4.20. The third kappa shape index (κ3) is 3.21. The zero-order valence-electron chi connectivity index (χ0n) is 11.8. The average molecular weight is 377 g/mol. The molecule has 2 N–H and O–H groups in total. The smallest absolute Gasteiger partial charge is 0.224 e. The number of primary amides is 1. The fraction of sp³-hybridized carbons (Fsp3) is 0.429. The molecule has 1 aromatic heterocycles. The van der Waals surface area contributed by atoms with Gasteiger partial charge in [0, 0.05) is 24.9 Å². The highest BCUT2D eigenvalue weighted by Crippen LogP contribution is 2.27. The number of aromatic nitrogens is 2. The molecule has 7 heteroatoms. The van der Waals surface area contributed by atoms with Gasteiger partial charge in [-0.25, -0.2) is 9.37 Å². The van der Waals surface area contributed by atoms with E-state index in [0.29, 0.717) is 40.2 Å². The van der Waals surface area contributed by atoms with Crippen LogP contribution < -0.4 is 5.73 Å². The van der Waals surface area contributed by atoms with Crippen LogP contribution in [0.1, 0.15) is 19.7 Å². The van der Waals surface area contributed by atoms with E-state index in [-0.39, 0.29) is 5.82 Å². The Morgan fingerprint density at radius 2 is 2.19 bits per heavy atom. The highest BCUT2D eigenvalue weighted by atomic mass is 79.9. The van der Waals surface area contributed by atoms with Gasteiger partial charge in [0.2, 0.25) is 5.91 Å². The van der Waals surface area contributed by atoms with E-state index in [0.717, 1.165) is 0 Å². The molecule has 0 fully saturated rings. The first-order valence-corrected chi connectivity index (χ1v) is 7.79. The van der Waals surface area contributed by atoms with Gasteiger partial charge in [-0.05, 0) is 35.8 Å². The second-order valence-corrected chi connectivity index (χ2v) is 6.79. The Balaban J connectivity index is 2.60. The van der Waals surface area contributed by atoms with Crippen molar-refractivity contribution in [1.29, 1.82) is 0 Å². The van der Waals surface area contributed by atoms with Crippen molar-refractivity contribution in [1.82, 2.24) is 9.55 Å². The number of amides is 1. The summed E-state index contributed by atoms with van der Waals surface area (Å²) in [6.45, 7) is 3.83. The molecule has 0 saturated carbocycles. The predicted octanol–water partition coefficient (Wildman–Crippen LogP) is 3.23. The molecule has 21 heavy (non-hydrogen) atoms. The summed E-state index contributed by atoms with van der Waals surface area (Å²) in [6, 6.07) is 3.03. The van der Waals surface area contributed by atoms with Crippen LogP contribution in [0.2, 0.25) is 0 Å². The average Bonchev–Trinajstić information content (AvgIpc) is 2.68. The Hall–Kier alpha value is -1.14. The normalized spacial score (nSPS) is 12.0. The van der Waals surface area contributed by atoms with Gasteiger partial charge in [0.15, 0.2) is 0 Å². The minimum atomic E-state index is -0.766. The van der Waals surface area contributed by atoms with Crippen molar-refractivity contribution in [2.45, 2.75) is 26.8 Å². The van der Waals surface area contributed by atoms with Crippen LogP contribution in [-0.4, -0.2) is 21.3 Å². The first kappa shape index (κ1) is 16.2. The molecular formula is C14H16BrClFN3O. The van der Waals surface area contributed by atoms with Gasteiger partial charge in [-0.1, -0.05) is 0 Å². The van der Waals surface area contributed by atoms with Gasteiger partial charge >= 0.3 is 0 Å². The SMILES string of the molecule is CC(C)(Cn1c(CCCl)nc2cc(Br)c(F)cc21)C(N)=O. The number of nitrogens with zero attached hydrogens (tertiary/aromatic N) is 2. The number of alkyl halides is 1. The number of carbonyl (C=O) groups is 1. The summed E-state index contributed by atoms with van der Waals surface area (Å²) in [5.74, 6) is 0.313. The van der Waals surface area contributed by atoms with Crippen molar-refractivity contribution >= 4 is 44.5 Å². The summed E-state index contributed by atoms with van der Waals surface area (Å²) >= 11 is 8.95. The van der Waals surface area contributed by atoms with E-state index in [2.05, 4.69) is 20.9 Å². The Bertz CT molecular complexity index is 699. The Labute approximate surface area is 135 Å². The molecule has 0 bridgehead atoms. The number of aryl methyl sites for hydroxylation is 1. The third-order valence-electron chi connectivity index (χ3n) is 3.41. The minimum Gasteiger partial charge on any atom is -0.369 e. The number of hydrogen-bond acceptors (Lipinski definition) is 2. The van der Waals surface area contributed by atoms with E-state index in [1.807, 2.05) is 4.57 Å². The molecular weight excluding hydrogens is 361 g/mol. The van der Waals surface area contributed by atoms with Gasteiger partial charge in [-0.3, -0.25) is 4.79 Å². The molecule has 0 saturated heterocycles. The lowest BCUT2D eigenvalue weighted by atomic mass is 9.92. The van der Waals surface area contributed by atoms with Gasteiger partial charge in [-0.2, -0.15) is 0 Å². The van der Waals surface area contributed by atoms with Crippen LogP contribution in [0.15, 0.2) is 16.6 Å². The molecule has 0 aliphatic rings. The number of carbonyl (C=O) groups excluding carboxylic acids is 1. The van der Waals surface area contributed by atoms with E-state index in [1.165, 1.54) is 6.07 Å². The molecule has 0 aliphatic heterocycles. The van der Waals surface area contributed by atoms with Crippen molar-refractivity contribution in [2.24, 2.45) is 11.1 Å². The molecule has 0 spiro atoms. The van der Waals surface area contributed by atoms with Crippen LogP contribution in [0.3, 0.4) is 0 Å². The van der Waals surface area contributed by atoms with Crippen molar-refractivity contribution < 1.29 is 9.18 Å². The number of benzene rings is 1. The maximum Gasteiger partial charge on any atom is 0.224 e. The van der Waals surface area contributed by atoms with Gasteiger partial charge in [-0.15, -0.1) is 11.6 Å². The van der Waals surface area contributed by atoms with Crippen LogP contribution in [0, 0.1) is 11.2 Å². The molecule has 0 unspecified atom stereocenters. The van der Waals surface area contributed by atoms with Crippen molar-refractivity contribution in [3.8, 4) is 0 Å². The molecule has 2 rings (SSSR count). The van der Waals surface area contributed by atoms with Crippen LogP contribution >= 0.6 is 27.5 Å². The molecule has 1 amide bonds. The number of rotatable bonds is 5. The second-order valence-electron chi connectivity index (χ2n) is 5.56. The summed E-state index contributed by atoms with van der Waals surface area (Å²) in [6.07, 6.45) is 0.532. The lowest BCUT2D eigenvalue weighted by Crippen LogP contribution is -2.35. The fourth-order valence-electron chi connectivity index (χ4n) is 2.10. The topological polar surface area (TPSA) is 60.9 Å². The summed E-state index contributed by atoms with van der Waals surface area (Å²) in [4.78, 5) is 16.0. The monoisotopic (exact) mass is 375 g/mol. The van der Waals surface area contributed by atoms with E-state index < -0.39 is 11.3 Å². The van der Waals surface area contributed by atoms with E-state index in [9.17, 15) is 9.18 Å². The fourth-order valence-corrected chi connectivity index (χ4v) is 2.60. The zero-order valence-corrected chi connectivity index (χ0v) is 14.1. The Kier molecular flexibility index (Phi) is 4.58. The molecule has 114 valence electrons. The molecule has 0 aliphatic carbocycles. The van der Waals surface area contributed by atoms with Gasteiger partial charge in [0.05, 0.1) is 20.9 Å². The number of halogens is 3. The summed E-state index contributed by atoms with van der Waals surface area (Å²) in [7, 11) is 0. The Morgan fingerprint density at radius 1 is 1.52 bits per heavy atom. The van der Waals surface area contributed by atoms with E-state index in [4.69, 9.17) is 17.3 Å². The van der Waals surface area contributed by atoms with Crippen molar-refractivity contribution in [3.05, 3.63) is 28.2 Å². The quantitative estimate of drug-likeness (QED) is 0.814. The molecule has 2 aromatic rings. The summed E-state index contributed by atoms with van der Waals surface area (Å²) in [5, 5.41) is 0. The highest BCUT2D eigenvalue weighted by molar-refractivity contribution is 9.10. The lowest BCUT2D eigenvalue weighted by molar-refractivity contribution is -0.126. The summed E-state index contributed by atoms with van der Waals surface area (Å²) < 4.78 is 16.0. The van der Waals surface area contributed by atoms with Crippen LogP contribution in [0.4, 0.5) is 4.39 Å². The first-order valence-electron chi connectivity index (χ1n) is 6.46. The van der Waals surface area contributed by atoms with E-state index >= 15 is 0 Å². The van der Waals surface area contributed by atoms with Crippen LogP contribution in [0.5, 0.6) is 0 Å². The predicted molar refractivity (Wildman–Crippen MR) is 84.8 cm³/mol. The van der Waals surface area contributed by atoms with Crippen LogP contribution in [-0.2, 0) is 17.8 Å². The number of imidazole rings is 1. The van der Waals surface area contributed by atoms with Gasteiger partial charge in [0.1, 0.15) is 11.6 Å². The standard InChI is InChI=1S/C14H16BrClFN3O/c1-14(2,13(18)21)7-20-11-6-9(17)8(15)5-10(11)19-12(20)3-4-16/h5-6H,3-4,7H2,1-2H3,(H2,18,21).